The Hall–Kier alpha value is -3.29. The number of nitro groups is 1. The zero-order chi connectivity index (χ0) is 17.4. The first-order valence-corrected chi connectivity index (χ1v) is 7.82. The van der Waals surface area contributed by atoms with Crippen molar-refractivity contribution in [1.29, 1.82) is 0 Å². The van der Waals surface area contributed by atoms with Gasteiger partial charge < -0.3 is 19.7 Å². The standard InChI is InChI=1S/C17H15N3O5/c21-17(9-19-6-5-11-3-1-2-4-13(11)19)18-12-7-15-16(25-10-24-15)8-14(12)20(22)23/h1-4,7-8H,5-6,9-10H2,(H,18,21). The second kappa shape index (κ2) is 5.97. The smallest absolute Gasteiger partial charge is 0.296 e. The normalized spacial score (nSPS) is 14.3. The highest BCUT2D eigenvalue weighted by atomic mass is 16.7. The van der Waals surface area contributed by atoms with Crippen LogP contribution in [0.5, 0.6) is 11.5 Å². The van der Waals surface area contributed by atoms with Gasteiger partial charge in [0.2, 0.25) is 12.7 Å². The van der Waals surface area contributed by atoms with Crippen molar-refractivity contribution in [2.24, 2.45) is 0 Å². The van der Waals surface area contributed by atoms with E-state index in [-0.39, 0.29) is 30.6 Å². The lowest BCUT2D eigenvalue weighted by molar-refractivity contribution is -0.384. The van der Waals surface area contributed by atoms with Crippen molar-refractivity contribution in [3.63, 3.8) is 0 Å². The van der Waals surface area contributed by atoms with Crippen molar-refractivity contribution in [2.45, 2.75) is 6.42 Å². The summed E-state index contributed by atoms with van der Waals surface area (Å²) in [5, 5.41) is 13.9. The predicted molar refractivity (Wildman–Crippen MR) is 90.2 cm³/mol. The van der Waals surface area contributed by atoms with E-state index in [1.165, 1.54) is 17.7 Å². The maximum Gasteiger partial charge on any atom is 0.296 e. The number of rotatable bonds is 4. The zero-order valence-corrected chi connectivity index (χ0v) is 13.2. The van der Waals surface area contributed by atoms with Crippen LogP contribution in [0.3, 0.4) is 0 Å². The van der Waals surface area contributed by atoms with Crippen LogP contribution in [-0.4, -0.2) is 30.7 Å². The summed E-state index contributed by atoms with van der Waals surface area (Å²) in [6.45, 7) is 0.882. The molecule has 0 aliphatic carbocycles. The van der Waals surface area contributed by atoms with E-state index < -0.39 is 4.92 Å². The number of hydrogen-bond acceptors (Lipinski definition) is 6. The summed E-state index contributed by atoms with van der Waals surface area (Å²) in [6.07, 6.45) is 0.883. The largest absolute Gasteiger partial charge is 0.454 e. The van der Waals surface area contributed by atoms with Crippen LogP contribution in [0.4, 0.5) is 17.1 Å². The lowest BCUT2D eigenvalue weighted by atomic mass is 10.2. The molecule has 2 aliphatic rings. The van der Waals surface area contributed by atoms with Gasteiger partial charge in [0.15, 0.2) is 11.5 Å². The van der Waals surface area contributed by atoms with Gasteiger partial charge in [0.05, 0.1) is 17.5 Å². The molecule has 2 aromatic rings. The Bertz CT molecular complexity index is 867. The Morgan fingerprint density at radius 3 is 2.80 bits per heavy atom. The van der Waals surface area contributed by atoms with Crippen LogP contribution in [-0.2, 0) is 11.2 Å². The summed E-state index contributed by atoms with van der Waals surface area (Å²) in [5.74, 6) is 0.365. The molecule has 1 amide bonds. The van der Waals surface area contributed by atoms with Crippen molar-refractivity contribution in [3.05, 3.63) is 52.1 Å². The number of fused-ring (bicyclic) bond motifs is 2. The molecule has 0 saturated heterocycles. The van der Waals surface area contributed by atoms with Crippen molar-refractivity contribution in [1.82, 2.24) is 0 Å². The number of nitrogens with one attached hydrogen (secondary N) is 1. The van der Waals surface area contributed by atoms with E-state index in [0.29, 0.717) is 11.5 Å². The topological polar surface area (TPSA) is 93.9 Å². The quantitative estimate of drug-likeness (QED) is 0.677. The molecule has 0 aromatic heterocycles. The molecule has 1 N–H and O–H groups in total. The Morgan fingerprint density at radius 1 is 1.24 bits per heavy atom. The van der Waals surface area contributed by atoms with Crippen LogP contribution in [0.2, 0.25) is 0 Å². The highest BCUT2D eigenvalue weighted by molar-refractivity contribution is 5.97. The Labute approximate surface area is 143 Å². The number of benzene rings is 2. The van der Waals surface area contributed by atoms with E-state index in [9.17, 15) is 14.9 Å². The molecule has 0 fully saturated rings. The number of carbonyl (C=O) groups is 1. The summed E-state index contributed by atoms with van der Waals surface area (Å²) in [4.78, 5) is 25.1. The zero-order valence-electron chi connectivity index (χ0n) is 13.2. The van der Waals surface area contributed by atoms with Crippen LogP contribution in [0.25, 0.3) is 0 Å². The highest BCUT2D eigenvalue weighted by Crippen LogP contribution is 2.40. The lowest BCUT2D eigenvalue weighted by Crippen LogP contribution is -2.32. The second-order valence-corrected chi connectivity index (χ2v) is 5.83. The number of amides is 1. The van der Waals surface area contributed by atoms with Crippen LogP contribution in [0.1, 0.15) is 5.56 Å². The number of anilines is 2. The van der Waals surface area contributed by atoms with E-state index in [2.05, 4.69) is 5.32 Å². The molecule has 0 atom stereocenters. The Balaban J connectivity index is 1.53. The van der Waals surface area contributed by atoms with Gasteiger partial charge in [-0.25, -0.2) is 0 Å². The molecule has 2 aromatic carbocycles. The molecule has 0 bridgehead atoms. The van der Waals surface area contributed by atoms with Gasteiger partial charge in [-0.1, -0.05) is 18.2 Å². The number of nitro benzene ring substituents is 1. The SMILES string of the molecule is O=C(CN1CCc2ccccc21)Nc1cc2c(cc1[N+](=O)[O-])OCO2. The third-order valence-corrected chi connectivity index (χ3v) is 4.28. The molecule has 2 aliphatic heterocycles. The van der Waals surface area contributed by atoms with E-state index in [0.717, 1.165) is 18.7 Å². The predicted octanol–water partition coefficient (Wildman–Crippen LogP) is 2.32. The van der Waals surface area contributed by atoms with Gasteiger partial charge in [-0.3, -0.25) is 14.9 Å². The fourth-order valence-electron chi connectivity index (χ4n) is 3.12. The molecule has 2 heterocycles. The fourth-order valence-corrected chi connectivity index (χ4v) is 3.12. The summed E-state index contributed by atoms with van der Waals surface area (Å²) in [5.41, 5.74) is 2.10. The average molecular weight is 341 g/mol. The lowest BCUT2D eigenvalue weighted by Gasteiger charge is -2.18. The molecule has 128 valence electrons. The maximum atomic E-state index is 12.4. The number of nitrogens with zero attached hydrogens (tertiary/aromatic N) is 2. The van der Waals surface area contributed by atoms with Crippen LogP contribution in [0, 0.1) is 10.1 Å². The number of para-hydroxylation sites is 1. The molecule has 25 heavy (non-hydrogen) atoms. The third-order valence-electron chi connectivity index (χ3n) is 4.28. The summed E-state index contributed by atoms with van der Waals surface area (Å²) in [7, 11) is 0. The van der Waals surface area contributed by atoms with Crippen molar-refractivity contribution < 1.29 is 19.2 Å². The third kappa shape index (κ3) is 2.82. The van der Waals surface area contributed by atoms with Gasteiger partial charge in [-0.2, -0.15) is 0 Å². The van der Waals surface area contributed by atoms with Gasteiger partial charge in [0, 0.05) is 18.3 Å². The molecule has 0 saturated carbocycles. The second-order valence-electron chi connectivity index (χ2n) is 5.83. The molecule has 0 radical (unpaired) electrons. The summed E-state index contributed by atoms with van der Waals surface area (Å²) in [6, 6.07) is 10.6. The Kier molecular flexibility index (Phi) is 3.64. The first-order chi connectivity index (χ1) is 12.1. The molecule has 8 heteroatoms. The number of ether oxygens (including phenoxy) is 2. The monoisotopic (exact) mass is 341 g/mol. The highest BCUT2D eigenvalue weighted by Gasteiger charge is 2.26. The minimum atomic E-state index is -0.553. The van der Waals surface area contributed by atoms with E-state index in [4.69, 9.17) is 9.47 Å². The molecule has 0 spiro atoms. The first kappa shape index (κ1) is 15.3. The van der Waals surface area contributed by atoms with Gasteiger partial charge in [-0.15, -0.1) is 0 Å². The van der Waals surface area contributed by atoms with Gasteiger partial charge >= 0.3 is 0 Å². The average Bonchev–Trinajstić information content (AvgIpc) is 3.20. The van der Waals surface area contributed by atoms with Crippen LogP contribution >= 0.6 is 0 Å². The number of hydrogen-bond donors (Lipinski definition) is 1. The minimum absolute atomic E-state index is 0.00838. The van der Waals surface area contributed by atoms with E-state index in [1.54, 1.807) is 0 Å². The minimum Gasteiger partial charge on any atom is -0.454 e. The summed E-state index contributed by atoms with van der Waals surface area (Å²) < 4.78 is 10.4. The fraction of sp³-hybridized carbons (Fsp3) is 0.235. The Morgan fingerprint density at radius 2 is 2.00 bits per heavy atom. The van der Waals surface area contributed by atoms with Crippen LogP contribution in [0.15, 0.2) is 36.4 Å². The molecular formula is C17H15N3O5. The van der Waals surface area contributed by atoms with Gasteiger partial charge in [0.1, 0.15) is 5.69 Å². The summed E-state index contributed by atoms with van der Waals surface area (Å²) >= 11 is 0. The van der Waals surface area contributed by atoms with E-state index >= 15 is 0 Å². The first-order valence-electron chi connectivity index (χ1n) is 7.82. The van der Waals surface area contributed by atoms with Crippen molar-refractivity contribution >= 4 is 23.0 Å². The van der Waals surface area contributed by atoms with Crippen LogP contribution < -0.4 is 19.7 Å². The van der Waals surface area contributed by atoms with Crippen molar-refractivity contribution in [3.8, 4) is 11.5 Å². The van der Waals surface area contributed by atoms with Gasteiger partial charge in [-0.05, 0) is 18.1 Å². The molecule has 4 rings (SSSR count). The molecular weight excluding hydrogens is 326 g/mol. The van der Waals surface area contributed by atoms with Crippen molar-refractivity contribution in [2.75, 3.05) is 30.1 Å². The maximum absolute atomic E-state index is 12.4. The van der Waals surface area contributed by atoms with Gasteiger partial charge in [0.25, 0.3) is 5.69 Å². The molecule has 8 nitrogen and oxygen atoms in total. The van der Waals surface area contributed by atoms with E-state index in [1.807, 2.05) is 29.2 Å². The number of carbonyl (C=O) groups excluding carboxylic acids is 1. The molecule has 0 unspecified atom stereocenters.